The number of rotatable bonds is 8. The van der Waals surface area contributed by atoms with Crippen LogP contribution in [0.3, 0.4) is 0 Å². The first kappa shape index (κ1) is 28.4. The Bertz CT molecular complexity index is 2050. The van der Waals surface area contributed by atoms with Crippen LogP contribution in [0.4, 0.5) is 14.5 Å². The van der Waals surface area contributed by atoms with Gasteiger partial charge in [0.1, 0.15) is 22.9 Å². The first-order valence-corrected chi connectivity index (χ1v) is 15.2. The minimum absolute atomic E-state index is 0.0873. The average Bonchev–Trinajstić information content (AvgIpc) is 3.98. The summed E-state index contributed by atoms with van der Waals surface area (Å²) in [4.78, 5) is 44.8. The summed E-state index contributed by atoms with van der Waals surface area (Å²) in [5.41, 5.74) is 8.68. The molecule has 2 saturated carbocycles. The van der Waals surface area contributed by atoms with Gasteiger partial charge in [0.15, 0.2) is 5.65 Å². The average molecular weight is 643 g/mol. The number of halogens is 3. The molecule has 5 heterocycles. The van der Waals surface area contributed by atoms with Gasteiger partial charge in [-0.05, 0) is 67.9 Å². The van der Waals surface area contributed by atoms with Gasteiger partial charge in [-0.2, -0.15) is 9.49 Å². The van der Waals surface area contributed by atoms with Gasteiger partial charge in [0.2, 0.25) is 0 Å². The summed E-state index contributed by atoms with van der Waals surface area (Å²) in [6.07, 6.45) is 7.35. The molecule has 8 rings (SSSR count). The molecule has 0 spiro atoms. The Labute approximate surface area is 265 Å². The summed E-state index contributed by atoms with van der Waals surface area (Å²) in [6.45, 7) is -0.115. The smallest absolute Gasteiger partial charge is 0.317 e. The molecule has 2 fully saturated rings. The summed E-state index contributed by atoms with van der Waals surface area (Å²) >= 11 is 5.90. The number of alkyl halides is 1. The SMILES string of the molecule is NC(=O)c1c(CC2CC2)nc2c(cnn2C2(c3ccc(F)cn3)CC2)c1-c1ccc2c(c1)O[C@H](F)C(=O)N2Cc1ncc(Cl)cn1. The van der Waals surface area contributed by atoms with Gasteiger partial charge in [-0.25, -0.2) is 24.0 Å². The van der Waals surface area contributed by atoms with Crippen LogP contribution in [0, 0.1) is 11.7 Å². The molecule has 1 aliphatic heterocycles. The number of amides is 2. The van der Waals surface area contributed by atoms with Crippen LogP contribution in [0.2, 0.25) is 5.02 Å². The maximum Gasteiger partial charge on any atom is 0.317 e. The van der Waals surface area contributed by atoms with Crippen molar-refractivity contribution < 1.29 is 23.1 Å². The van der Waals surface area contributed by atoms with E-state index in [0.717, 1.165) is 25.7 Å². The number of benzene rings is 1. The van der Waals surface area contributed by atoms with Gasteiger partial charge in [0.25, 0.3) is 5.91 Å². The van der Waals surface area contributed by atoms with Crippen LogP contribution >= 0.6 is 11.6 Å². The Hall–Kier alpha value is -5.04. The molecule has 46 heavy (non-hydrogen) atoms. The number of carbonyl (C=O) groups is 2. The van der Waals surface area contributed by atoms with Gasteiger partial charge < -0.3 is 10.5 Å². The standard InChI is InChI=1S/C32H25ClF2N8O3/c33-18-11-38-25(39-12-18)15-42-22-5-3-17(10-23(22)46-28(35)31(42)45)26-20-14-40-43(32(7-8-32)24-6-4-19(34)13-37-24)30(20)41-21(9-16-1-2-16)27(26)29(36)44/h3-6,10-14,16,28H,1-2,7-9,15H2,(H2,36,44)/t28-/m0/s1. The predicted molar refractivity (Wildman–Crippen MR) is 162 cm³/mol. The molecule has 11 nitrogen and oxygen atoms in total. The van der Waals surface area contributed by atoms with Gasteiger partial charge >= 0.3 is 12.3 Å². The van der Waals surface area contributed by atoms with E-state index >= 15 is 4.39 Å². The first-order chi connectivity index (χ1) is 22.2. The third kappa shape index (κ3) is 4.73. The summed E-state index contributed by atoms with van der Waals surface area (Å²) < 4.78 is 36.0. The number of nitrogens with two attached hydrogens (primary N) is 1. The molecular formula is C32H25ClF2N8O3. The second-order valence-electron chi connectivity index (χ2n) is 11.9. The molecule has 4 aromatic heterocycles. The Morgan fingerprint density at radius 3 is 2.54 bits per heavy atom. The Kier molecular flexibility index (Phi) is 6.50. The number of pyridine rings is 2. The highest BCUT2D eigenvalue weighted by Gasteiger charge is 2.50. The molecule has 0 bridgehead atoms. The van der Waals surface area contributed by atoms with E-state index in [1.807, 2.05) is 0 Å². The lowest BCUT2D eigenvalue weighted by Crippen LogP contribution is -2.43. The number of anilines is 1. The van der Waals surface area contributed by atoms with E-state index in [1.54, 1.807) is 35.1 Å². The van der Waals surface area contributed by atoms with Crippen molar-refractivity contribution in [1.29, 1.82) is 0 Å². The molecule has 0 radical (unpaired) electrons. The van der Waals surface area contributed by atoms with E-state index in [2.05, 4.69) is 15.0 Å². The summed E-state index contributed by atoms with van der Waals surface area (Å²) in [7, 11) is 0. The van der Waals surface area contributed by atoms with E-state index in [9.17, 15) is 14.0 Å². The molecule has 2 amide bonds. The van der Waals surface area contributed by atoms with E-state index in [1.165, 1.54) is 29.6 Å². The van der Waals surface area contributed by atoms with Crippen LogP contribution in [0.1, 0.15) is 53.3 Å². The Balaban J connectivity index is 1.29. The number of fused-ring (bicyclic) bond motifs is 2. The quantitative estimate of drug-likeness (QED) is 0.252. The lowest BCUT2D eigenvalue weighted by molar-refractivity contribution is -0.134. The Morgan fingerprint density at radius 2 is 1.87 bits per heavy atom. The summed E-state index contributed by atoms with van der Waals surface area (Å²) in [5.74, 6) is -1.28. The molecule has 1 atom stereocenters. The molecule has 3 aliphatic rings. The molecule has 1 aromatic carbocycles. The maximum atomic E-state index is 15.0. The fourth-order valence-corrected chi connectivity index (χ4v) is 6.27. The van der Waals surface area contributed by atoms with E-state index in [4.69, 9.17) is 32.2 Å². The topological polar surface area (TPSA) is 142 Å². The zero-order chi connectivity index (χ0) is 31.7. The van der Waals surface area contributed by atoms with Crippen molar-refractivity contribution in [2.45, 2.75) is 50.5 Å². The second-order valence-corrected chi connectivity index (χ2v) is 12.3. The number of aromatic nitrogens is 6. The van der Waals surface area contributed by atoms with Crippen molar-refractivity contribution in [2.75, 3.05) is 4.90 Å². The van der Waals surface area contributed by atoms with Crippen LogP contribution < -0.4 is 15.4 Å². The molecule has 5 aromatic rings. The third-order valence-electron chi connectivity index (χ3n) is 8.75. The first-order valence-electron chi connectivity index (χ1n) is 14.8. The van der Waals surface area contributed by atoms with Gasteiger partial charge in [-0.15, -0.1) is 0 Å². The molecule has 0 saturated heterocycles. The highest BCUT2D eigenvalue weighted by atomic mass is 35.5. The molecule has 14 heteroatoms. The highest BCUT2D eigenvalue weighted by Crippen LogP contribution is 2.50. The lowest BCUT2D eigenvalue weighted by atomic mass is 9.93. The summed E-state index contributed by atoms with van der Waals surface area (Å²) in [5, 5.41) is 5.60. The number of primary amides is 1. The van der Waals surface area contributed by atoms with E-state index in [-0.39, 0.29) is 23.7 Å². The molecule has 232 valence electrons. The van der Waals surface area contributed by atoms with Gasteiger partial charge in [0.05, 0.1) is 46.6 Å². The number of ether oxygens (including phenoxy) is 1. The van der Waals surface area contributed by atoms with Crippen molar-refractivity contribution in [2.24, 2.45) is 11.7 Å². The van der Waals surface area contributed by atoms with Gasteiger partial charge in [0, 0.05) is 23.3 Å². The van der Waals surface area contributed by atoms with Crippen molar-refractivity contribution >= 4 is 40.1 Å². The zero-order valence-electron chi connectivity index (χ0n) is 24.2. The molecule has 0 unspecified atom stereocenters. The van der Waals surface area contributed by atoms with Crippen molar-refractivity contribution in [3.8, 4) is 16.9 Å². The number of hydrogen-bond donors (Lipinski definition) is 1. The molecule has 2 aliphatic carbocycles. The van der Waals surface area contributed by atoms with Crippen LogP contribution in [0.15, 0.2) is 55.1 Å². The van der Waals surface area contributed by atoms with Crippen molar-refractivity contribution in [1.82, 2.24) is 29.7 Å². The minimum Gasteiger partial charge on any atom is -0.450 e. The Morgan fingerprint density at radius 1 is 1.09 bits per heavy atom. The number of hydrogen-bond acceptors (Lipinski definition) is 8. The van der Waals surface area contributed by atoms with Gasteiger partial charge in [-0.1, -0.05) is 17.7 Å². The van der Waals surface area contributed by atoms with E-state index < -0.39 is 29.5 Å². The largest absolute Gasteiger partial charge is 0.450 e. The monoisotopic (exact) mass is 642 g/mol. The minimum atomic E-state index is -2.27. The fourth-order valence-electron chi connectivity index (χ4n) is 6.17. The van der Waals surface area contributed by atoms with E-state index in [0.29, 0.717) is 56.6 Å². The summed E-state index contributed by atoms with van der Waals surface area (Å²) in [6, 6.07) is 7.94. The second kappa shape index (κ2) is 10.5. The normalized spacial score (nSPS) is 18.4. The van der Waals surface area contributed by atoms with Crippen LogP contribution in [-0.2, 0) is 23.3 Å². The van der Waals surface area contributed by atoms with Crippen molar-refractivity contribution in [3.63, 3.8) is 0 Å². The lowest BCUT2D eigenvalue weighted by Gasteiger charge is -2.31. The molecule has 2 N–H and O–H groups in total. The van der Waals surface area contributed by atoms with Crippen LogP contribution in [-0.4, -0.2) is 47.9 Å². The third-order valence-corrected chi connectivity index (χ3v) is 8.95. The fraction of sp³-hybridized carbons (Fsp3) is 0.281. The number of carbonyl (C=O) groups excluding carboxylic acids is 2. The number of nitrogens with zero attached hydrogens (tertiary/aromatic N) is 7. The van der Waals surface area contributed by atoms with Crippen LogP contribution in [0.25, 0.3) is 22.2 Å². The zero-order valence-corrected chi connectivity index (χ0v) is 24.9. The van der Waals surface area contributed by atoms with Gasteiger partial charge in [-0.3, -0.25) is 19.5 Å². The maximum absolute atomic E-state index is 15.0. The van der Waals surface area contributed by atoms with Crippen molar-refractivity contribution in [3.05, 3.63) is 88.7 Å². The highest BCUT2D eigenvalue weighted by molar-refractivity contribution is 6.30. The van der Waals surface area contributed by atoms with Crippen LogP contribution in [0.5, 0.6) is 5.75 Å². The predicted octanol–water partition coefficient (Wildman–Crippen LogP) is 4.89. The molecular weight excluding hydrogens is 618 g/mol.